The molecule has 0 radical (unpaired) electrons. The average molecular weight is 348 g/mol. The van der Waals surface area contributed by atoms with E-state index in [2.05, 4.69) is 21.2 Å². The Kier molecular flexibility index (Phi) is 5.11. The Morgan fingerprint density at radius 2 is 1.86 bits per heavy atom. The lowest BCUT2D eigenvalue weighted by Crippen LogP contribution is -2.15. The van der Waals surface area contributed by atoms with Gasteiger partial charge in [0, 0.05) is 10.0 Å². The molecule has 1 N–H and O–H groups in total. The number of rotatable bonds is 4. The maximum atomic E-state index is 12.2. The largest absolute Gasteiger partial charge is 0.462 e. The number of benzene rings is 2. The van der Waals surface area contributed by atoms with Crippen molar-refractivity contribution in [1.29, 1.82) is 0 Å². The van der Waals surface area contributed by atoms with Crippen molar-refractivity contribution in [3.8, 4) is 0 Å². The molecular weight excluding hydrogens is 334 g/mol. The zero-order valence-corrected chi connectivity index (χ0v) is 13.0. The van der Waals surface area contributed by atoms with Crippen LogP contribution in [0.3, 0.4) is 0 Å². The van der Waals surface area contributed by atoms with Crippen LogP contribution in [0.15, 0.2) is 53.0 Å². The van der Waals surface area contributed by atoms with E-state index in [-0.39, 0.29) is 12.5 Å². The standard InChI is InChI=1S/C16H14BrNO3/c1-2-21-16(20)13-10-12(17)8-9-14(13)18-15(19)11-6-4-3-5-7-11/h3-10H,2H2,1H3,(H,18,19). The fraction of sp³-hybridized carbons (Fsp3) is 0.125. The van der Waals surface area contributed by atoms with E-state index >= 15 is 0 Å². The molecule has 1 amide bonds. The van der Waals surface area contributed by atoms with Crippen molar-refractivity contribution in [3.05, 3.63) is 64.1 Å². The zero-order valence-electron chi connectivity index (χ0n) is 11.4. The van der Waals surface area contributed by atoms with Gasteiger partial charge in [-0.1, -0.05) is 34.1 Å². The fourth-order valence-corrected chi connectivity index (χ4v) is 2.15. The van der Waals surface area contributed by atoms with E-state index in [1.807, 2.05) is 6.07 Å². The molecule has 0 aromatic heterocycles. The highest BCUT2D eigenvalue weighted by Crippen LogP contribution is 2.22. The molecule has 0 aliphatic heterocycles. The van der Waals surface area contributed by atoms with E-state index in [1.54, 1.807) is 49.4 Å². The molecule has 0 atom stereocenters. The molecule has 2 aromatic carbocycles. The first-order valence-corrected chi connectivity index (χ1v) is 7.24. The van der Waals surface area contributed by atoms with Gasteiger partial charge >= 0.3 is 5.97 Å². The number of hydrogen-bond acceptors (Lipinski definition) is 3. The molecule has 0 heterocycles. The lowest BCUT2D eigenvalue weighted by Gasteiger charge is -2.11. The Bertz CT molecular complexity index is 656. The van der Waals surface area contributed by atoms with E-state index in [0.717, 1.165) is 4.47 Å². The summed E-state index contributed by atoms with van der Waals surface area (Å²) in [5.41, 5.74) is 1.26. The molecule has 108 valence electrons. The lowest BCUT2D eigenvalue weighted by molar-refractivity contribution is 0.0527. The lowest BCUT2D eigenvalue weighted by atomic mass is 10.1. The van der Waals surface area contributed by atoms with Crippen molar-refractivity contribution in [2.45, 2.75) is 6.92 Å². The molecule has 0 unspecified atom stereocenters. The Morgan fingerprint density at radius 3 is 2.52 bits per heavy atom. The highest BCUT2D eigenvalue weighted by atomic mass is 79.9. The van der Waals surface area contributed by atoms with Gasteiger partial charge < -0.3 is 10.1 Å². The highest BCUT2D eigenvalue weighted by Gasteiger charge is 2.15. The first-order valence-electron chi connectivity index (χ1n) is 6.45. The van der Waals surface area contributed by atoms with Gasteiger partial charge in [0.15, 0.2) is 0 Å². The van der Waals surface area contributed by atoms with Gasteiger partial charge in [-0.15, -0.1) is 0 Å². The Morgan fingerprint density at radius 1 is 1.14 bits per heavy atom. The topological polar surface area (TPSA) is 55.4 Å². The molecule has 0 spiro atoms. The van der Waals surface area contributed by atoms with Crippen LogP contribution < -0.4 is 5.32 Å². The van der Waals surface area contributed by atoms with Crippen LogP contribution in [0.1, 0.15) is 27.6 Å². The van der Waals surface area contributed by atoms with Gasteiger partial charge in [0.1, 0.15) is 0 Å². The minimum atomic E-state index is -0.470. The third-order valence-corrected chi connectivity index (χ3v) is 3.25. The predicted molar refractivity (Wildman–Crippen MR) is 84.5 cm³/mol. The van der Waals surface area contributed by atoms with E-state index in [4.69, 9.17) is 4.74 Å². The summed E-state index contributed by atoms with van der Waals surface area (Å²) in [7, 11) is 0. The molecule has 5 heteroatoms. The monoisotopic (exact) mass is 347 g/mol. The van der Waals surface area contributed by atoms with Gasteiger partial charge in [-0.3, -0.25) is 4.79 Å². The summed E-state index contributed by atoms with van der Waals surface area (Å²) in [4.78, 5) is 24.1. The molecule has 21 heavy (non-hydrogen) atoms. The third-order valence-electron chi connectivity index (χ3n) is 2.76. The highest BCUT2D eigenvalue weighted by molar-refractivity contribution is 9.10. The molecule has 0 bridgehead atoms. The Balaban J connectivity index is 2.27. The maximum Gasteiger partial charge on any atom is 0.340 e. The van der Waals surface area contributed by atoms with Gasteiger partial charge in [-0.25, -0.2) is 4.79 Å². The number of halogens is 1. The summed E-state index contributed by atoms with van der Waals surface area (Å²) in [6.45, 7) is 2.01. The van der Waals surface area contributed by atoms with Crippen LogP contribution in [-0.4, -0.2) is 18.5 Å². The molecule has 0 aliphatic rings. The number of ether oxygens (including phenoxy) is 1. The molecule has 0 aliphatic carbocycles. The molecule has 2 rings (SSSR count). The first-order chi connectivity index (χ1) is 10.1. The number of hydrogen-bond donors (Lipinski definition) is 1. The second-order valence-corrected chi connectivity index (χ2v) is 5.15. The summed E-state index contributed by atoms with van der Waals surface area (Å²) < 4.78 is 5.74. The predicted octanol–water partition coefficient (Wildman–Crippen LogP) is 3.88. The SMILES string of the molecule is CCOC(=O)c1cc(Br)ccc1NC(=O)c1ccccc1. The third kappa shape index (κ3) is 3.92. The van der Waals surface area contributed by atoms with Crippen LogP contribution in [0.4, 0.5) is 5.69 Å². The quantitative estimate of drug-likeness (QED) is 0.854. The summed E-state index contributed by atoms with van der Waals surface area (Å²) in [5.74, 6) is -0.745. The minimum absolute atomic E-state index is 0.275. The maximum absolute atomic E-state index is 12.2. The van der Waals surface area contributed by atoms with Gasteiger partial charge in [0.05, 0.1) is 17.9 Å². The molecule has 2 aromatic rings. The molecule has 0 saturated carbocycles. The van der Waals surface area contributed by atoms with Gasteiger partial charge in [0.25, 0.3) is 5.91 Å². The van der Waals surface area contributed by atoms with Crippen LogP contribution in [0.2, 0.25) is 0 Å². The summed E-state index contributed by atoms with van der Waals surface area (Å²) in [6.07, 6.45) is 0. The second kappa shape index (κ2) is 7.04. The van der Waals surface area contributed by atoms with E-state index in [1.165, 1.54) is 0 Å². The van der Waals surface area contributed by atoms with Crippen molar-refractivity contribution in [1.82, 2.24) is 0 Å². The molecular formula is C16H14BrNO3. The number of anilines is 1. The zero-order chi connectivity index (χ0) is 15.2. The molecule has 0 saturated heterocycles. The van der Waals surface area contributed by atoms with Crippen LogP contribution in [-0.2, 0) is 4.74 Å². The smallest absolute Gasteiger partial charge is 0.340 e. The van der Waals surface area contributed by atoms with Crippen molar-refractivity contribution >= 4 is 33.5 Å². The van der Waals surface area contributed by atoms with Crippen molar-refractivity contribution < 1.29 is 14.3 Å². The number of carbonyl (C=O) groups is 2. The number of nitrogens with one attached hydrogen (secondary N) is 1. The molecule has 4 nitrogen and oxygen atoms in total. The fourth-order valence-electron chi connectivity index (χ4n) is 1.79. The van der Waals surface area contributed by atoms with Gasteiger partial charge in [-0.2, -0.15) is 0 Å². The van der Waals surface area contributed by atoms with Gasteiger partial charge in [-0.05, 0) is 37.3 Å². The van der Waals surface area contributed by atoms with E-state index < -0.39 is 5.97 Å². The Hall–Kier alpha value is -2.14. The van der Waals surface area contributed by atoms with Crippen molar-refractivity contribution in [2.24, 2.45) is 0 Å². The number of amides is 1. The van der Waals surface area contributed by atoms with E-state index in [0.29, 0.717) is 16.8 Å². The minimum Gasteiger partial charge on any atom is -0.462 e. The van der Waals surface area contributed by atoms with Crippen molar-refractivity contribution in [2.75, 3.05) is 11.9 Å². The van der Waals surface area contributed by atoms with Crippen LogP contribution in [0.5, 0.6) is 0 Å². The molecule has 0 fully saturated rings. The van der Waals surface area contributed by atoms with Crippen LogP contribution >= 0.6 is 15.9 Å². The van der Waals surface area contributed by atoms with Crippen molar-refractivity contribution in [3.63, 3.8) is 0 Å². The second-order valence-electron chi connectivity index (χ2n) is 4.23. The average Bonchev–Trinajstić information content (AvgIpc) is 2.50. The normalized spacial score (nSPS) is 10.0. The summed E-state index contributed by atoms with van der Waals surface area (Å²) in [5, 5.41) is 2.73. The first kappa shape index (κ1) is 15.3. The van der Waals surface area contributed by atoms with E-state index in [9.17, 15) is 9.59 Å². The van der Waals surface area contributed by atoms with Crippen LogP contribution in [0.25, 0.3) is 0 Å². The van der Waals surface area contributed by atoms with Crippen LogP contribution in [0, 0.1) is 0 Å². The van der Waals surface area contributed by atoms with Gasteiger partial charge in [0.2, 0.25) is 0 Å². The summed E-state index contributed by atoms with van der Waals surface area (Å²) >= 11 is 3.31. The summed E-state index contributed by atoms with van der Waals surface area (Å²) in [6, 6.07) is 13.8. The number of esters is 1. The Labute approximate surface area is 131 Å². The number of carbonyl (C=O) groups excluding carboxylic acids is 2.